The molecule has 0 N–H and O–H groups in total. The lowest BCUT2D eigenvalue weighted by Crippen LogP contribution is -2.41. The summed E-state index contributed by atoms with van der Waals surface area (Å²) in [5.74, 6) is 0.384. The van der Waals surface area contributed by atoms with Gasteiger partial charge in [-0.15, -0.1) is 0 Å². The second-order valence-electron chi connectivity index (χ2n) is 7.54. The van der Waals surface area contributed by atoms with Gasteiger partial charge in [-0.25, -0.2) is 4.39 Å². The van der Waals surface area contributed by atoms with E-state index >= 15 is 0 Å². The van der Waals surface area contributed by atoms with Crippen LogP contribution in [-0.2, 0) is 10.8 Å². The van der Waals surface area contributed by atoms with Crippen LogP contribution in [-0.4, -0.2) is 26.9 Å². The van der Waals surface area contributed by atoms with Crippen LogP contribution in [0.15, 0.2) is 17.7 Å². The van der Waals surface area contributed by atoms with Crippen LogP contribution < -0.4 is 4.74 Å². The van der Waals surface area contributed by atoms with Gasteiger partial charge in [0.05, 0.1) is 13.2 Å². The summed E-state index contributed by atoms with van der Waals surface area (Å²) in [6.07, 6.45) is 2.68. The van der Waals surface area contributed by atoms with Gasteiger partial charge in [0.1, 0.15) is 11.6 Å². The van der Waals surface area contributed by atoms with Crippen molar-refractivity contribution in [1.82, 2.24) is 0 Å². The second-order valence-corrected chi connectivity index (χ2v) is 13.1. The second kappa shape index (κ2) is 7.07. The number of rotatable bonds is 6. The molecule has 0 heterocycles. The molecule has 0 saturated carbocycles. The summed E-state index contributed by atoms with van der Waals surface area (Å²) in [6, 6.07) is 3.41. The zero-order valence-corrected chi connectivity index (χ0v) is 17.2. The number of fused-ring (bicyclic) bond motifs is 1. The zero-order chi connectivity index (χ0) is 17.3. The lowest BCUT2D eigenvalue weighted by molar-refractivity contribution is 0.317. The fourth-order valence-corrected chi connectivity index (χ4v) is 3.42. The number of alkyl halides is 1. The van der Waals surface area contributed by atoms with Crippen molar-refractivity contribution < 1.29 is 13.6 Å². The average molecular weight is 401 g/mol. The van der Waals surface area contributed by atoms with Crippen LogP contribution in [0.2, 0.25) is 18.1 Å². The van der Waals surface area contributed by atoms with Crippen LogP contribution in [0.3, 0.4) is 0 Å². The monoisotopic (exact) mass is 400 g/mol. The number of hydrogen-bond donors (Lipinski definition) is 0. The third-order valence-electron chi connectivity index (χ3n) is 4.73. The molecule has 0 spiro atoms. The SMILES string of the molecule is CC(C)(C)[Si](C)(C)OCC1=Cc2c(F)cc(OCCBr)cc2C1. The van der Waals surface area contributed by atoms with E-state index in [2.05, 4.69) is 49.8 Å². The van der Waals surface area contributed by atoms with Gasteiger partial charge >= 0.3 is 0 Å². The van der Waals surface area contributed by atoms with E-state index in [0.29, 0.717) is 24.5 Å². The van der Waals surface area contributed by atoms with Crippen LogP contribution in [0, 0.1) is 5.82 Å². The molecule has 0 aliphatic heterocycles. The number of halogens is 2. The Morgan fingerprint density at radius 2 is 1.96 bits per heavy atom. The first kappa shape index (κ1) is 18.7. The van der Waals surface area contributed by atoms with E-state index in [9.17, 15) is 4.39 Å². The Hall–Kier alpha value is -0.653. The highest BCUT2D eigenvalue weighted by Crippen LogP contribution is 2.38. The fraction of sp³-hybridized carbons (Fsp3) is 0.556. The zero-order valence-electron chi connectivity index (χ0n) is 14.6. The van der Waals surface area contributed by atoms with Gasteiger partial charge in [-0.05, 0) is 47.8 Å². The standard InChI is InChI=1S/C18H26BrFO2Si/c1-18(2,3)23(4,5)22-12-13-8-14-10-15(21-7-6-19)11-17(20)16(14)9-13/h9-11H,6-8,12H2,1-5H3. The van der Waals surface area contributed by atoms with Crippen molar-refractivity contribution in [3.8, 4) is 5.75 Å². The van der Waals surface area contributed by atoms with Crippen molar-refractivity contribution in [1.29, 1.82) is 0 Å². The van der Waals surface area contributed by atoms with Gasteiger partial charge < -0.3 is 9.16 Å². The molecule has 2 nitrogen and oxygen atoms in total. The minimum atomic E-state index is -1.78. The maximum absolute atomic E-state index is 14.2. The van der Waals surface area contributed by atoms with Gasteiger partial charge in [0.25, 0.3) is 0 Å². The molecule has 1 aromatic rings. The number of ether oxygens (including phenoxy) is 1. The van der Waals surface area contributed by atoms with E-state index in [1.807, 2.05) is 12.1 Å². The smallest absolute Gasteiger partial charge is 0.192 e. The molecule has 0 amide bonds. The van der Waals surface area contributed by atoms with Crippen LogP contribution in [0.1, 0.15) is 31.9 Å². The van der Waals surface area contributed by atoms with E-state index in [1.165, 1.54) is 6.07 Å². The normalized spacial score (nSPS) is 14.7. The van der Waals surface area contributed by atoms with Crippen molar-refractivity contribution in [2.45, 2.75) is 45.3 Å². The molecule has 0 unspecified atom stereocenters. The van der Waals surface area contributed by atoms with Gasteiger partial charge in [-0.3, -0.25) is 0 Å². The van der Waals surface area contributed by atoms with E-state index in [4.69, 9.17) is 9.16 Å². The van der Waals surface area contributed by atoms with Crippen molar-refractivity contribution in [2.75, 3.05) is 18.5 Å². The summed E-state index contributed by atoms with van der Waals surface area (Å²) in [4.78, 5) is 0. The van der Waals surface area contributed by atoms with Gasteiger partial charge in [-0.2, -0.15) is 0 Å². The Morgan fingerprint density at radius 1 is 1.26 bits per heavy atom. The highest BCUT2D eigenvalue weighted by molar-refractivity contribution is 9.09. The van der Waals surface area contributed by atoms with Crippen LogP contribution in [0.5, 0.6) is 5.75 Å². The predicted octanol–water partition coefficient (Wildman–Crippen LogP) is 5.56. The molecule has 128 valence electrons. The molecule has 5 heteroatoms. The molecule has 0 saturated heterocycles. The Bertz CT molecular complexity index is 606. The largest absolute Gasteiger partial charge is 0.493 e. The molecule has 0 radical (unpaired) electrons. The first-order chi connectivity index (χ1) is 10.6. The summed E-state index contributed by atoms with van der Waals surface area (Å²) < 4.78 is 26.0. The summed E-state index contributed by atoms with van der Waals surface area (Å²) in [7, 11) is -1.78. The lowest BCUT2D eigenvalue weighted by atomic mass is 10.1. The van der Waals surface area contributed by atoms with Crippen molar-refractivity contribution in [3.63, 3.8) is 0 Å². The molecule has 1 aromatic carbocycles. The Kier molecular flexibility index (Phi) is 5.75. The van der Waals surface area contributed by atoms with Gasteiger partial charge in [0.15, 0.2) is 8.32 Å². The first-order valence-electron chi connectivity index (χ1n) is 7.98. The Balaban J connectivity index is 2.06. The minimum absolute atomic E-state index is 0.182. The van der Waals surface area contributed by atoms with E-state index in [0.717, 1.165) is 22.9 Å². The molecular weight excluding hydrogens is 375 g/mol. The predicted molar refractivity (Wildman–Crippen MR) is 101 cm³/mol. The third kappa shape index (κ3) is 4.46. The molecule has 2 rings (SSSR count). The Morgan fingerprint density at radius 3 is 2.57 bits per heavy atom. The molecule has 23 heavy (non-hydrogen) atoms. The molecule has 0 aromatic heterocycles. The van der Waals surface area contributed by atoms with Crippen molar-refractivity contribution >= 4 is 30.3 Å². The molecule has 0 atom stereocenters. The molecule has 1 aliphatic carbocycles. The first-order valence-corrected chi connectivity index (χ1v) is 12.0. The van der Waals surface area contributed by atoms with Crippen LogP contribution in [0.25, 0.3) is 6.08 Å². The van der Waals surface area contributed by atoms with Crippen LogP contribution in [0.4, 0.5) is 4.39 Å². The minimum Gasteiger partial charge on any atom is -0.493 e. The summed E-state index contributed by atoms with van der Waals surface area (Å²) >= 11 is 3.31. The maximum atomic E-state index is 14.2. The molecule has 0 fully saturated rings. The van der Waals surface area contributed by atoms with E-state index in [-0.39, 0.29) is 10.9 Å². The quantitative estimate of drug-likeness (QED) is 0.459. The average Bonchev–Trinajstić information content (AvgIpc) is 2.85. The molecule has 1 aliphatic rings. The molecular formula is C18H26BrFO2Si. The summed E-state index contributed by atoms with van der Waals surface area (Å²) in [6.45, 7) is 12.3. The van der Waals surface area contributed by atoms with Gasteiger partial charge in [0.2, 0.25) is 0 Å². The maximum Gasteiger partial charge on any atom is 0.192 e. The summed E-state index contributed by atoms with van der Waals surface area (Å²) in [5, 5.41) is 0.913. The Labute approximate surface area is 148 Å². The van der Waals surface area contributed by atoms with Gasteiger partial charge in [-0.1, -0.05) is 36.7 Å². The van der Waals surface area contributed by atoms with E-state index < -0.39 is 8.32 Å². The van der Waals surface area contributed by atoms with Gasteiger partial charge in [0, 0.05) is 17.0 Å². The van der Waals surface area contributed by atoms with Crippen molar-refractivity contribution in [3.05, 3.63) is 34.6 Å². The fourth-order valence-electron chi connectivity index (χ4n) is 2.28. The summed E-state index contributed by atoms with van der Waals surface area (Å²) in [5.41, 5.74) is 2.81. The lowest BCUT2D eigenvalue weighted by Gasteiger charge is -2.36. The number of benzene rings is 1. The topological polar surface area (TPSA) is 18.5 Å². The molecule has 0 bridgehead atoms. The van der Waals surface area contributed by atoms with Crippen molar-refractivity contribution in [2.24, 2.45) is 0 Å². The van der Waals surface area contributed by atoms with Crippen LogP contribution >= 0.6 is 15.9 Å². The third-order valence-corrected chi connectivity index (χ3v) is 9.53. The highest BCUT2D eigenvalue weighted by atomic mass is 79.9. The van der Waals surface area contributed by atoms with E-state index in [1.54, 1.807) is 0 Å². The number of hydrogen-bond acceptors (Lipinski definition) is 2. The highest BCUT2D eigenvalue weighted by Gasteiger charge is 2.37.